The van der Waals surface area contributed by atoms with Gasteiger partial charge >= 0.3 is 5.97 Å². The Labute approximate surface area is 132 Å². The normalized spacial score (nSPS) is 11.7. The van der Waals surface area contributed by atoms with E-state index in [1.54, 1.807) is 12.1 Å². The van der Waals surface area contributed by atoms with Crippen molar-refractivity contribution in [3.63, 3.8) is 0 Å². The van der Waals surface area contributed by atoms with Gasteiger partial charge in [0.2, 0.25) is 0 Å². The van der Waals surface area contributed by atoms with Crippen molar-refractivity contribution in [1.29, 1.82) is 0 Å². The van der Waals surface area contributed by atoms with Gasteiger partial charge in [-0.1, -0.05) is 28.9 Å². The fraction of sp³-hybridized carbons (Fsp3) is 0.467. The number of nitrogens with one attached hydrogen (secondary N) is 1. The van der Waals surface area contributed by atoms with Gasteiger partial charge in [0, 0.05) is 17.4 Å². The van der Waals surface area contributed by atoms with Crippen LogP contribution < -0.4 is 10.1 Å². The molecule has 0 aliphatic heterocycles. The van der Waals surface area contributed by atoms with Crippen LogP contribution in [0.25, 0.3) is 0 Å². The number of benzene rings is 1. The van der Waals surface area contributed by atoms with Crippen LogP contribution in [0, 0.1) is 5.92 Å². The summed E-state index contributed by atoms with van der Waals surface area (Å²) in [6.45, 7) is 2.48. The first-order valence-corrected chi connectivity index (χ1v) is 7.63. The molecule has 116 valence electrons. The van der Waals surface area contributed by atoms with Crippen molar-refractivity contribution < 1.29 is 19.4 Å². The summed E-state index contributed by atoms with van der Waals surface area (Å²) in [6.07, 6.45) is 1.55. The Bertz CT molecular complexity index is 478. The first-order valence-electron chi connectivity index (χ1n) is 6.84. The molecule has 6 heteroatoms. The molecule has 1 amide bonds. The van der Waals surface area contributed by atoms with Gasteiger partial charge in [-0.15, -0.1) is 0 Å². The second-order valence-corrected chi connectivity index (χ2v) is 5.84. The van der Waals surface area contributed by atoms with Gasteiger partial charge in [0.25, 0.3) is 5.91 Å². The number of ether oxygens (including phenoxy) is 1. The Morgan fingerprint density at radius 3 is 2.81 bits per heavy atom. The summed E-state index contributed by atoms with van der Waals surface area (Å²) in [6, 6.07) is 7.29. The molecule has 5 nitrogen and oxygen atoms in total. The van der Waals surface area contributed by atoms with E-state index >= 15 is 0 Å². The van der Waals surface area contributed by atoms with Crippen LogP contribution in [0.3, 0.4) is 0 Å². The zero-order valence-corrected chi connectivity index (χ0v) is 13.6. The molecular weight excluding hydrogens is 338 g/mol. The van der Waals surface area contributed by atoms with Crippen molar-refractivity contribution >= 4 is 27.8 Å². The number of hydrogen-bond donors (Lipinski definition) is 2. The second kappa shape index (κ2) is 9.39. The van der Waals surface area contributed by atoms with Crippen molar-refractivity contribution in [2.45, 2.75) is 26.2 Å². The third-order valence-corrected chi connectivity index (χ3v) is 3.47. The summed E-state index contributed by atoms with van der Waals surface area (Å²) in [5, 5.41) is 11.3. The standard InChI is InChI=1S/C15H20BrNO4/c1-11(5-6-15(19)20)7-8-17-14(18)10-21-13-4-2-3-12(16)9-13/h2-4,9,11H,5-8,10H2,1H3,(H,17,18)(H,19,20). The molecule has 0 aromatic heterocycles. The van der Waals surface area contributed by atoms with Crippen LogP contribution in [-0.2, 0) is 9.59 Å². The number of carboxylic acid groups (broad SMARTS) is 1. The van der Waals surface area contributed by atoms with Crippen LogP contribution in [0.2, 0.25) is 0 Å². The molecule has 0 saturated carbocycles. The smallest absolute Gasteiger partial charge is 0.303 e. The van der Waals surface area contributed by atoms with Gasteiger partial charge in [-0.05, 0) is 37.0 Å². The van der Waals surface area contributed by atoms with E-state index in [1.807, 2.05) is 19.1 Å². The molecule has 0 heterocycles. The van der Waals surface area contributed by atoms with Gasteiger partial charge < -0.3 is 15.2 Å². The van der Waals surface area contributed by atoms with E-state index in [-0.39, 0.29) is 24.9 Å². The number of halogens is 1. The molecule has 1 unspecified atom stereocenters. The van der Waals surface area contributed by atoms with E-state index < -0.39 is 5.97 Å². The van der Waals surface area contributed by atoms with Gasteiger partial charge in [0.1, 0.15) is 5.75 Å². The lowest BCUT2D eigenvalue weighted by molar-refractivity contribution is -0.137. The number of aliphatic carboxylic acids is 1. The van der Waals surface area contributed by atoms with Crippen LogP contribution in [0.4, 0.5) is 0 Å². The lowest BCUT2D eigenvalue weighted by Crippen LogP contribution is -2.30. The zero-order valence-electron chi connectivity index (χ0n) is 12.0. The van der Waals surface area contributed by atoms with Crippen molar-refractivity contribution in [3.8, 4) is 5.75 Å². The van der Waals surface area contributed by atoms with Crippen molar-refractivity contribution in [2.75, 3.05) is 13.2 Å². The summed E-state index contributed by atoms with van der Waals surface area (Å²) < 4.78 is 6.26. The van der Waals surface area contributed by atoms with Gasteiger partial charge in [0.05, 0.1) is 0 Å². The number of hydrogen-bond acceptors (Lipinski definition) is 3. The second-order valence-electron chi connectivity index (χ2n) is 4.92. The van der Waals surface area contributed by atoms with Crippen molar-refractivity contribution in [1.82, 2.24) is 5.32 Å². The van der Waals surface area contributed by atoms with Gasteiger partial charge in [0.15, 0.2) is 6.61 Å². The highest BCUT2D eigenvalue weighted by Gasteiger charge is 2.07. The molecule has 1 rings (SSSR count). The fourth-order valence-electron chi connectivity index (χ4n) is 1.73. The molecule has 0 spiro atoms. The Morgan fingerprint density at radius 1 is 1.38 bits per heavy atom. The maximum Gasteiger partial charge on any atom is 0.303 e. The number of carbonyl (C=O) groups is 2. The molecule has 0 aliphatic rings. The van der Waals surface area contributed by atoms with E-state index in [9.17, 15) is 9.59 Å². The van der Waals surface area contributed by atoms with Crippen LogP contribution in [0.15, 0.2) is 28.7 Å². The quantitative estimate of drug-likeness (QED) is 0.712. The van der Waals surface area contributed by atoms with Crippen LogP contribution in [0.1, 0.15) is 26.2 Å². The van der Waals surface area contributed by atoms with Gasteiger partial charge in [-0.2, -0.15) is 0 Å². The highest BCUT2D eigenvalue weighted by Crippen LogP contribution is 2.17. The molecule has 0 fully saturated rings. The Hall–Kier alpha value is -1.56. The van der Waals surface area contributed by atoms with E-state index in [0.29, 0.717) is 18.7 Å². The highest BCUT2D eigenvalue weighted by atomic mass is 79.9. The van der Waals surface area contributed by atoms with Crippen molar-refractivity contribution in [3.05, 3.63) is 28.7 Å². The third kappa shape index (κ3) is 8.34. The van der Waals surface area contributed by atoms with Crippen molar-refractivity contribution in [2.24, 2.45) is 5.92 Å². The molecular formula is C15H20BrNO4. The molecule has 2 N–H and O–H groups in total. The van der Waals surface area contributed by atoms with Gasteiger partial charge in [-0.25, -0.2) is 0 Å². The zero-order chi connectivity index (χ0) is 15.7. The number of carboxylic acids is 1. The average molecular weight is 358 g/mol. The molecule has 0 bridgehead atoms. The summed E-state index contributed by atoms with van der Waals surface area (Å²) in [5.41, 5.74) is 0. The largest absolute Gasteiger partial charge is 0.484 e. The fourth-order valence-corrected chi connectivity index (χ4v) is 2.11. The lowest BCUT2D eigenvalue weighted by Gasteiger charge is -2.11. The van der Waals surface area contributed by atoms with Crippen LogP contribution in [0.5, 0.6) is 5.75 Å². The van der Waals surface area contributed by atoms with Gasteiger partial charge in [-0.3, -0.25) is 9.59 Å². The third-order valence-electron chi connectivity index (χ3n) is 2.98. The molecule has 21 heavy (non-hydrogen) atoms. The number of rotatable bonds is 9. The lowest BCUT2D eigenvalue weighted by atomic mass is 10.0. The van der Waals surface area contributed by atoms with Crippen LogP contribution in [-0.4, -0.2) is 30.1 Å². The van der Waals surface area contributed by atoms with E-state index in [0.717, 1.165) is 10.9 Å². The predicted molar refractivity (Wildman–Crippen MR) is 83.3 cm³/mol. The molecule has 0 saturated heterocycles. The van der Waals surface area contributed by atoms with E-state index in [1.165, 1.54) is 0 Å². The first-order chi connectivity index (χ1) is 9.97. The molecule has 1 aromatic rings. The monoisotopic (exact) mass is 357 g/mol. The SMILES string of the molecule is CC(CCNC(=O)COc1cccc(Br)c1)CCC(=O)O. The minimum atomic E-state index is -0.784. The minimum Gasteiger partial charge on any atom is -0.484 e. The van der Waals surface area contributed by atoms with E-state index in [2.05, 4.69) is 21.2 Å². The topological polar surface area (TPSA) is 75.6 Å². The Morgan fingerprint density at radius 2 is 2.14 bits per heavy atom. The highest BCUT2D eigenvalue weighted by molar-refractivity contribution is 9.10. The molecule has 0 radical (unpaired) electrons. The maximum atomic E-state index is 11.6. The summed E-state index contributed by atoms with van der Waals surface area (Å²) in [5.74, 6) is -0.0598. The molecule has 1 atom stereocenters. The predicted octanol–water partition coefficient (Wildman–Crippen LogP) is 2.84. The van der Waals surface area contributed by atoms with E-state index in [4.69, 9.17) is 9.84 Å². The molecule has 0 aliphatic carbocycles. The average Bonchev–Trinajstić information content (AvgIpc) is 2.43. The maximum absolute atomic E-state index is 11.6. The molecule has 1 aromatic carbocycles. The summed E-state index contributed by atoms with van der Waals surface area (Å²) in [4.78, 5) is 22.0. The summed E-state index contributed by atoms with van der Waals surface area (Å²) in [7, 11) is 0. The first kappa shape index (κ1) is 17.5. The Kier molecular flexibility index (Phi) is 7.82. The number of amides is 1. The number of carbonyl (C=O) groups excluding carboxylic acids is 1. The minimum absolute atomic E-state index is 0.0278. The summed E-state index contributed by atoms with van der Waals surface area (Å²) >= 11 is 3.33. The van der Waals surface area contributed by atoms with Crippen LogP contribution >= 0.6 is 15.9 Å². The Balaban J connectivity index is 2.15.